The molecule has 11 rings (SSSR count). The zero-order valence-electron chi connectivity index (χ0n) is 30.8. The lowest BCUT2D eigenvalue weighted by molar-refractivity contribution is 0.794. The lowest BCUT2D eigenvalue weighted by Crippen LogP contribution is -2.25. The van der Waals surface area contributed by atoms with Gasteiger partial charge in [0.15, 0.2) is 23.2 Å². The van der Waals surface area contributed by atoms with E-state index in [0.717, 1.165) is 50.1 Å². The summed E-state index contributed by atoms with van der Waals surface area (Å²) in [5.41, 5.74) is 16.9. The molecule has 1 heterocycles. The molecule has 4 nitrogen and oxygen atoms in total. The van der Waals surface area contributed by atoms with E-state index in [0.29, 0.717) is 23.2 Å². The second-order valence-corrected chi connectivity index (χ2v) is 14.6. The maximum absolute atomic E-state index is 8.15. The molecule has 9 aromatic rings. The Morgan fingerprint density at radius 3 is 1.46 bits per heavy atom. The van der Waals surface area contributed by atoms with Gasteiger partial charge in [0.1, 0.15) is 0 Å². The molecule has 1 spiro atoms. The van der Waals surface area contributed by atoms with Crippen LogP contribution in [0.15, 0.2) is 194 Å². The molecule has 0 saturated carbocycles. The molecule has 0 N–H and O–H groups in total. The summed E-state index contributed by atoms with van der Waals surface area (Å²) in [4.78, 5) is 19.1. The first-order valence-corrected chi connectivity index (χ1v) is 19.1. The van der Waals surface area contributed by atoms with E-state index in [4.69, 9.17) is 21.5 Å². The lowest BCUT2D eigenvalue weighted by Gasteiger charge is -2.31. The Morgan fingerprint density at radius 2 is 0.789 bits per heavy atom. The van der Waals surface area contributed by atoms with E-state index in [1.54, 1.807) is 0 Å². The van der Waals surface area contributed by atoms with Gasteiger partial charge >= 0.3 is 0 Å². The highest BCUT2D eigenvalue weighted by Crippen LogP contribution is 2.64. The molecule has 0 unspecified atom stereocenters. The van der Waals surface area contributed by atoms with E-state index in [1.165, 1.54) is 33.4 Å². The predicted octanol–water partition coefficient (Wildman–Crippen LogP) is 13.1. The number of nitrogens with zero attached hydrogens (tertiary/aromatic N) is 4. The number of benzene rings is 8. The van der Waals surface area contributed by atoms with E-state index in [2.05, 4.69) is 150 Å². The van der Waals surface area contributed by atoms with E-state index in [1.807, 2.05) is 48.5 Å². The number of rotatable bonds is 5. The van der Waals surface area contributed by atoms with Gasteiger partial charge < -0.3 is 0 Å². The van der Waals surface area contributed by atoms with Crippen molar-refractivity contribution >= 4 is 5.69 Å². The summed E-state index contributed by atoms with van der Waals surface area (Å²) in [5.74, 6) is 1.87. The minimum atomic E-state index is -0.526. The third kappa shape index (κ3) is 5.03. The maximum Gasteiger partial charge on any atom is 0.195 e. The van der Waals surface area contributed by atoms with Crippen LogP contribution in [0.1, 0.15) is 22.3 Å². The minimum Gasteiger partial charge on any atom is -0.238 e. The van der Waals surface area contributed by atoms with Gasteiger partial charge in [-0.15, -0.1) is 0 Å². The van der Waals surface area contributed by atoms with Gasteiger partial charge in [-0.2, -0.15) is 0 Å². The predicted molar refractivity (Wildman–Crippen MR) is 230 cm³/mol. The minimum absolute atomic E-state index is 0.526. The van der Waals surface area contributed by atoms with Gasteiger partial charge in [-0.25, -0.2) is 19.8 Å². The van der Waals surface area contributed by atoms with Gasteiger partial charge in [0, 0.05) is 16.7 Å². The first kappa shape index (κ1) is 32.7. The topological polar surface area (TPSA) is 43.0 Å². The van der Waals surface area contributed by atoms with Crippen molar-refractivity contribution in [1.82, 2.24) is 15.0 Å². The van der Waals surface area contributed by atoms with Crippen molar-refractivity contribution in [2.75, 3.05) is 0 Å². The molecule has 8 aromatic carbocycles. The molecule has 1 aromatic heterocycles. The van der Waals surface area contributed by atoms with E-state index < -0.39 is 5.41 Å². The fraction of sp³-hybridized carbons (Fsp3) is 0.0189. The summed E-state index contributed by atoms with van der Waals surface area (Å²) in [7, 11) is 0. The van der Waals surface area contributed by atoms with Crippen molar-refractivity contribution in [3.63, 3.8) is 0 Å². The van der Waals surface area contributed by atoms with Crippen LogP contribution in [0, 0.1) is 6.57 Å². The monoisotopic (exact) mass is 724 g/mol. The molecule has 2 aliphatic rings. The van der Waals surface area contributed by atoms with Crippen molar-refractivity contribution in [3.8, 4) is 78.7 Å². The fourth-order valence-electron chi connectivity index (χ4n) is 9.07. The third-order valence-corrected chi connectivity index (χ3v) is 11.6. The van der Waals surface area contributed by atoms with Crippen LogP contribution in [0.3, 0.4) is 0 Å². The smallest absolute Gasteiger partial charge is 0.195 e. The van der Waals surface area contributed by atoms with Crippen molar-refractivity contribution < 1.29 is 0 Å². The molecule has 2 aliphatic carbocycles. The first-order chi connectivity index (χ1) is 28.2. The Kier molecular flexibility index (Phi) is 7.42. The summed E-state index contributed by atoms with van der Waals surface area (Å²) in [6.07, 6.45) is 0. The molecular formula is C53H32N4. The maximum atomic E-state index is 8.15. The van der Waals surface area contributed by atoms with Crippen LogP contribution in [0.5, 0.6) is 0 Å². The molecule has 0 amide bonds. The molecule has 0 atom stereocenters. The molecule has 57 heavy (non-hydrogen) atoms. The third-order valence-electron chi connectivity index (χ3n) is 11.6. The molecule has 0 radical (unpaired) electrons. The summed E-state index contributed by atoms with van der Waals surface area (Å²) in [5, 5.41) is 0. The Bertz CT molecular complexity index is 3030. The average Bonchev–Trinajstić information content (AvgIpc) is 3.77. The molecule has 0 bridgehead atoms. The van der Waals surface area contributed by atoms with Crippen LogP contribution in [0.4, 0.5) is 5.69 Å². The largest absolute Gasteiger partial charge is 0.238 e. The van der Waals surface area contributed by atoms with Crippen LogP contribution >= 0.6 is 0 Å². The molecule has 0 fully saturated rings. The Labute approximate surface area is 331 Å². The van der Waals surface area contributed by atoms with Crippen LogP contribution < -0.4 is 0 Å². The second-order valence-electron chi connectivity index (χ2n) is 14.6. The van der Waals surface area contributed by atoms with Crippen molar-refractivity contribution in [3.05, 3.63) is 228 Å². The van der Waals surface area contributed by atoms with Crippen molar-refractivity contribution in [2.45, 2.75) is 5.41 Å². The zero-order valence-corrected chi connectivity index (χ0v) is 30.8. The summed E-state index contributed by atoms with van der Waals surface area (Å²) in [6, 6.07) is 67.9. The number of hydrogen-bond donors (Lipinski definition) is 0. The normalized spacial score (nSPS) is 12.7. The van der Waals surface area contributed by atoms with E-state index in [-0.39, 0.29) is 0 Å². The van der Waals surface area contributed by atoms with Crippen LogP contribution in [-0.4, -0.2) is 15.0 Å². The summed E-state index contributed by atoms with van der Waals surface area (Å²) in [6.45, 7) is 8.15. The Morgan fingerprint density at radius 1 is 0.333 bits per heavy atom. The van der Waals surface area contributed by atoms with Crippen LogP contribution in [-0.2, 0) is 5.41 Å². The number of fused-ring (bicyclic) bond motifs is 10. The zero-order chi connectivity index (χ0) is 37.9. The highest BCUT2D eigenvalue weighted by molar-refractivity contribution is 5.99. The molecule has 4 heteroatoms. The first-order valence-electron chi connectivity index (χ1n) is 19.1. The molecule has 0 aliphatic heterocycles. The van der Waals surface area contributed by atoms with Crippen molar-refractivity contribution in [2.24, 2.45) is 0 Å². The van der Waals surface area contributed by atoms with Gasteiger partial charge in [-0.3, -0.25) is 0 Å². The second kappa shape index (κ2) is 12.9. The Hall–Kier alpha value is -7.74. The average molecular weight is 725 g/mol. The van der Waals surface area contributed by atoms with Crippen LogP contribution in [0.2, 0.25) is 0 Å². The summed E-state index contributed by atoms with van der Waals surface area (Å²) >= 11 is 0. The molecule has 264 valence electrons. The van der Waals surface area contributed by atoms with Gasteiger partial charge in [-0.05, 0) is 78.9 Å². The van der Waals surface area contributed by atoms with Gasteiger partial charge in [-0.1, -0.05) is 182 Å². The molecular weight excluding hydrogens is 693 g/mol. The Balaban J connectivity index is 1.03. The van der Waals surface area contributed by atoms with Crippen molar-refractivity contribution in [1.29, 1.82) is 0 Å². The van der Waals surface area contributed by atoms with E-state index in [9.17, 15) is 0 Å². The standard InChI is InChI=1S/C53H32N4/c1-54-48-25-13-24-46-49(48)43-31-30-39(33-47(43)53(46)44-22-10-8-20-41(44)42-21-9-11-23-45(42)53)35-26-28-37(29-27-35)51-55-50(36-16-6-3-7-17-36)56-52(57-51)40-19-12-18-38(32-40)34-14-4-2-5-15-34/h2-33H. The fourth-order valence-corrected chi connectivity index (χ4v) is 9.07. The lowest BCUT2D eigenvalue weighted by atomic mass is 9.70. The number of aromatic nitrogens is 3. The molecule has 0 saturated heterocycles. The van der Waals surface area contributed by atoms with Gasteiger partial charge in [0.05, 0.1) is 12.0 Å². The summed E-state index contributed by atoms with van der Waals surface area (Å²) < 4.78 is 0. The highest BCUT2D eigenvalue weighted by atomic mass is 15.0. The SMILES string of the molecule is [C-]#[N+]c1cccc2c1-c1ccc(-c3ccc(-c4nc(-c5ccccc5)nc(-c5cccc(-c6ccccc6)c5)n4)cc3)cc1C21c2ccccc2-c2ccccc21. The highest BCUT2D eigenvalue weighted by Gasteiger charge is 2.52. The van der Waals surface area contributed by atoms with Crippen LogP contribution in [0.25, 0.3) is 83.5 Å². The van der Waals surface area contributed by atoms with E-state index >= 15 is 0 Å². The quantitative estimate of drug-likeness (QED) is 0.166. The van der Waals surface area contributed by atoms with Gasteiger partial charge in [0.25, 0.3) is 0 Å². The number of hydrogen-bond acceptors (Lipinski definition) is 3. The van der Waals surface area contributed by atoms with Gasteiger partial charge in [0.2, 0.25) is 0 Å².